The Balaban J connectivity index is 1.66. The molecule has 4 aromatic rings. The molecule has 0 aliphatic carbocycles. The monoisotopic (exact) mass is 492 g/mol. The number of rotatable bonds is 7. The summed E-state index contributed by atoms with van der Waals surface area (Å²) >= 11 is 3.46. The van der Waals surface area contributed by atoms with Gasteiger partial charge in [0.05, 0.1) is 19.0 Å². The average Bonchev–Trinajstić information content (AvgIpc) is 3.12. The predicted molar refractivity (Wildman–Crippen MR) is 128 cm³/mol. The van der Waals surface area contributed by atoms with Crippen molar-refractivity contribution in [3.05, 3.63) is 76.0 Å². The second-order valence-electron chi connectivity index (χ2n) is 6.87. The third kappa shape index (κ3) is 5.09. The fraction of sp³-hybridized carbons (Fsp3) is 0.136. The zero-order chi connectivity index (χ0) is 22.5. The van der Waals surface area contributed by atoms with Gasteiger partial charge in [-0.25, -0.2) is 10.1 Å². The Hall–Kier alpha value is -3.79. The molecule has 0 radical (unpaired) electrons. The van der Waals surface area contributed by atoms with Gasteiger partial charge in [0.25, 0.3) is 5.95 Å². The van der Waals surface area contributed by atoms with Gasteiger partial charge in [-0.1, -0.05) is 34.1 Å². The van der Waals surface area contributed by atoms with Crippen molar-refractivity contribution in [2.24, 2.45) is 5.10 Å². The maximum absolute atomic E-state index is 5.38. The van der Waals surface area contributed by atoms with Gasteiger partial charge < -0.3 is 10.1 Å². The number of ether oxygens (including phenoxy) is 1. The maximum atomic E-state index is 5.38. The molecule has 10 heteroatoms. The Morgan fingerprint density at radius 3 is 2.50 bits per heavy atom. The fourth-order valence-electron chi connectivity index (χ4n) is 3.01. The number of hydrazone groups is 1. The zero-order valence-electron chi connectivity index (χ0n) is 17.7. The molecule has 9 nitrogen and oxygen atoms in total. The lowest BCUT2D eigenvalue weighted by Gasteiger charge is -2.09. The molecule has 4 rings (SSSR count). The van der Waals surface area contributed by atoms with Crippen LogP contribution >= 0.6 is 15.9 Å². The van der Waals surface area contributed by atoms with Crippen molar-refractivity contribution in [3.8, 4) is 11.7 Å². The first-order valence-electron chi connectivity index (χ1n) is 9.76. The predicted octanol–water partition coefficient (Wildman–Crippen LogP) is 4.63. The molecule has 32 heavy (non-hydrogen) atoms. The SMILES string of the molecule is COc1ccc(Br)cc1C=NNc1nc(Nc2ccccc2)nc(-n2nc(C)cc2C)n1. The van der Waals surface area contributed by atoms with Crippen molar-refractivity contribution < 1.29 is 4.74 Å². The van der Waals surface area contributed by atoms with E-state index in [1.165, 1.54) is 0 Å². The Morgan fingerprint density at radius 2 is 1.78 bits per heavy atom. The first kappa shape index (κ1) is 21.4. The normalized spacial score (nSPS) is 11.0. The molecule has 2 aromatic carbocycles. The first-order chi connectivity index (χ1) is 15.5. The van der Waals surface area contributed by atoms with Crippen LogP contribution in [0.2, 0.25) is 0 Å². The number of para-hydroxylation sites is 1. The molecule has 0 fully saturated rings. The minimum absolute atomic E-state index is 0.270. The number of halogens is 1. The lowest BCUT2D eigenvalue weighted by Crippen LogP contribution is -2.11. The highest BCUT2D eigenvalue weighted by atomic mass is 79.9. The van der Waals surface area contributed by atoms with E-state index in [4.69, 9.17) is 4.74 Å². The van der Waals surface area contributed by atoms with Crippen LogP contribution < -0.4 is 15.5 Å². The molecule has 0 unspecified atom stereocenters. The third-order valence-electron chi connectivity index (χ3n) is 4.41. The number of nitrogens with zero attached hydrogens (tertiary/aromatic N) is 6. The number of hydrogen-bond acceptors (Lipinski definition) is 8. The van der Waals surface area contributed by atoms with E-state index < -0.39 is 0 Å². The van der Waals surface area contributed by atoms with Crippen LogP contribution in [0.15, 0.2) is 64.2 Å². The Bertz CT molecular complexity index is 1260. The van der Waals surface area contributed by atoms with Crippen LogP contribution in [-0.4, -0.2) is 38.1 Å². The van der Waals surface area contributed by atoms with E-state index in [-0.39, 0.29) is 5.95 Å². The number of aryl methyl sites for hydroxylation is 2. The van der Waals surface area contributed by atoms with E-state index >= 15 is 0 Å². The summed E-state index contributed by atoms with van der Waals surface area (Å²) in [7, 11) is 1.61. The Morgan fingerprint density at radius 1 is 1.00 bits per heavy atom. The van der Waals surface area contributed by atoms with Crippen LogP contribution in [0.1, 0.15) is 17.0 Å². The van der Waals surface area contributed by atoms with Gasteiger partial charge in [-0.3, -0.25) is 0 Å². The summed E-state index contributed by atoms with van der Waals surface area (Å²) in [6.45, 7) is 3.86. The van der Waals surface area contributed by atoms with Crippen molar-refractivity contribution in [2.45, 2.75) is 13.8 Å². The van der Waals surface area contributed by atoms with Crippen molar-refractivity contribution >= 4 is 39.7 Å². The number of nitrogens with one attached hydrogen (secondary N) is 2. The molecule has 2 aromatic heterocycles. The number of benzene rings is 2. The lowest BCUT2D eigenvalue weighted by molar-refractivity contribution is 0.414. The molecule has 0 bridgehead atoms. The molecule has 0 saturated carbocycles. The van der Waals surface area contributed by atoms with E-state index in [1.54, 1.807) is 18.0 Å². The quantitative estimate of drug-likeness (QED) is 0.286. The smallest absolute Gasteiger partial charge is 0.257 e. The second-order valence-corrected chi connectivity index (χ2v) is 7.78. The molecule has 0 aliphatic heterocycles. The van der Waals surface area contributed by atoms with Crippen molar-refractivity contribution in [1.82, 2.24) is 24.7 Å². The summed E-state index contributed by atoms with van der Waals surface area (Å²) in [6, 6.07) is 17.3. The lowest BCUT2D eigenvalue weighted by atomic mass is 10.2. The first-order valence-corrected chi connectivity index (χ1v) is 10.6. The van der Waals surface area contributed by atoms with Crippen molar-refractivity contribution in [1.29, 1.82) is 0 Å². The van der Waals surface area contributed by atoms with Gasteiger partial charge in [-0.05, 0) is 50.2 Å². The average molecular weight is 493 g/mol. The standard InChI is InChI=1S/C22H21BrN8O/c1-14-11-15(2)31(30-14)22-27-20(25-18-7-5-4-6-8-18)26-21(28-22)29-24-13-16-12-17(23)9-10-19(16)32-3/h4-13H,1-3H3,(H2,25,26,27,28,29). The second kappa shape index (κ2) is 9.56. The molecule has 0 saturated heterocycles. The van der Waals surface area contributed by atoms with Crippen LogP contribution in [0.3, 0.4) is 0 Å². The summed E-state index contributed by atoms with van der Waals surface area (Å²) in [5, 5.41) is 12.0. The Labute approximate surface area is 193 Å². The number of hydrogen-bond donors (Lipinski definition) is 2. The van der Waals surface area contributed by atoms with Crippen LogP contribution in [-0.2, 0) is 0 Å². The minimum Gasteiger partial charge on any atom is -0.496 e. The van der Waals surface area contributed by atoms with Gasteiger partial charge in [-0.2, -0.15) is 25.2 Å². The molecule has 0 aliphatic rings. The van der Waals surface area contributed by atoms with E-state index in [0.29, 0.717) is 17.6 Å². The summed E-state index contributed by atoms with van der Waals surface area (Å²) in [5.74, 6) is 1.71. The largest absolute Gasteiger partial charge is 0.496 e. The van der Waals surface area contributed by atoms with E-state index in [0.717, 1.165) is 27.1 Å². The molecule has 0 spiro atoms. The van der Waals surface area contributed by atoms with Gasteiger partial charge in [0.2, 0.25) is 11.9 Å². The summed E-state index contributed by atoms with van der Waals surface area (Å²) in [4.78, 5) is 13.5. The molecule has 2 N–H and O–H groups in total. The minimum atomic E-state index is 0.270. The van der Waals surface area contributed by atoms with Crippen LogP contribution in [0.4, 0.5) is 17.6 Å². The molecular formula is C22H21BrN8O. The number of methoxy groups -OCH3 is 1. The summed E-state index contributed by atoms with van der Waals surface area (Å²) in [6.07, 6.45) is 1.64. The third-order valence-corrected chi connectivity index (χ3v) is 4.91. The molecule has 2 heterocycles. The van der Waals surface area contributed by atoms with Crippen LogP contribution in [0.5, 0.6) is 5.75 Å². The van der Waals surface area contributed by atoms with Gasteiger partial charge in [0, 0.05) is 21.4 Å². The van der Waals surface area contributed by atoms with Gasteiger partial charge in [0.1, 0.15) is 5.75 Å². The highest BCUT2D eigenvalue weighted by molar-refractivity contribution is 9.10. The van der Waals surface area contributed by atoms with E-state index in [2.05, 4.69) is 51.8 Å². The number of anilines is 3. The van der Waals surface area contributed by atoms with Crippen LogP contribution in [0, 0.1) is 13.8 Å². The Kier molecular flexibility index (Phi) is 6.41. The van der Waals surface area contributed by atoms with Gasteiger partial charge in [0.15, 0.2) is 0 Å². The van der Waals surface area contributed by atoms with Crippen LogP contribution in [0.25, 0.3) is 5.95 Å². The zero-order valence-corrected chi connectivity index (χ0v) is 19.3. The maximum Gasteiger partial charge on any atom is 0.257 e. The fourth-order valence-corrected chi connectivity index (χ4v) is 3.39. The topological polar surface area (TPSA) is 102 Å². The molecule has 162 valence electrons. The van der Waals surface area contributed by atoms with Gasteiger partial charge >= 0.3 is 0 Å². The molecule has 0 atom stereocenters. The summed E-state index contributed by atoms with van der Waals surface area (Å²) in [5.41, 5.74) is 6.31. The van der Waals surface area contributed by atoms with E-state index in [9.17, 15) is 0 Å². The summed E-state index contributed by atoms with van der Waals surface area (Å²) < 4.78 is 7.96. The number of aromatic nitrogens is 5. The molecular weight excluding hydrogens is 472 g/mol. The highest BCUT2D eigenvalue weighted by Gasteiger charge is 2.12. The highest BCUT2D eigenvalue weighted by Crippen LogP contribution is 2.21. The van der Waals surface area contributed by atoms with E-state index in [1.807, 2.05) is 68.4 Å². The molecule has 0 amide bonds. The van der Waals surface area contributed by atoms with Crippen molar-refractivity contribution in [2.75, 3.05) is 17.9 Å². The van der Waals surface area contributed by atoms with Crippen molar-refractivity contribution in [3.63, 3.8) is 0 Å². The van der Waals surface area contributed by atoms with Gasteiger partial charge in [-0.15, -0.1) is 0 Å².